The predicted molar refractivity (Wildman–Crippen MR) is 191 cm³/mol. The fraction of sp³-hybridized carbons (Fsp3) is 0.350. The molecule has 2 N–H and O–H groups in total. The van der Waals surface area contributed by atoms with Crippen molar-refractivity contribution in [2.45, 2.75) is 77.2 Å². The number of amides is 2. The number of hydrogen-bond acceptors (Lipinski definition) is 7. The smallest absolute Gasteiger partial charge is 0.410 e. The third kappa shape index (κ3) is 6.72. The van der Waals surface area contributed by atoms with Gasteiger partial charge in [-0.15, -0.1) is 0 Å². The highest BCUT2D eigenvalue weighted by molar-refractivity contribution is 5.70. The molecular weight excluding hydrogens is 663 g/mol. The van der Waals surface area contributed by atoms with E-state index < -0.39 is 11.4 Å². The van der Waals surface area contributed by atoms with Crippen LogP contribution in [0.3, 0.4) is 0 Å². The lowest BCUT2D eigenvalue weighted by Gasteiger charge is -2.27. The number of benzene rings is 3. The molecule has 0 unspecified atom stereocenters. The number of likely N-dealkylation sites (tertiary alicyclic amines) is 2. The summed E-state index contributed by atoms with van der Waals surface area (Å²) in [6, 6.07) is 18.3. The van der Waals surface area contributed by atoms with Gasteiger partial charge in [0.15, 0.2) is 0 Å². The van der Waals surface area contributed by atoms with Crippen molar-refractivity contribution in [3.63, 3.8) is 0 Å². The first-order valence-corrected chi connectivity index (χ1v) is 17.8. The van der Waals surface area contributed by atoms with Crippen LogP contribution < -0.4 is 4.74 Å². The van der Waals surface area contributed by atoms with Gasteiger partial charge in [0.2, 0.25) is 0 Å². The number of aromatic nitrogens is 4. The molecule has 52 heavy (non-hydrogen) atoms. The number of carbonyl (C=O) groups excluding carboxylic acids is 2. The van der Waals surface area contributed by atoms with E-state index in [2.05, 4.69) is 19.9 Å². The molecule has 3 aliphatic heterocycles. The number of hydrogen-bond donors (Lipinski definition) is 2. The van der Waals surface area contributed by atoms with Gasteiger partial charge in [0.25, 0.3) is 0 Å². The molecule has 11 nitrogen and oxygen atoms in total. The van der Waals surface area contributed by atoms with Gasteiger partial charge >= 0.3 is 12.2 Å². The Kier molecular flexibility index (Phi) is 8.68. The van der Waals surface area contributed by atoms with Gasteiger partial charge in [-0.3, -0.25) is 9.80 Å². The van der Waals surface area contributed by atoms with Crippen molar-refractivity contribution in [3.8, 4) is 34.1 Å². The number of rotatable bonds is 6. The molecule has 12 heteroatoms. The predicted octanol–water partition coefficient (Wildman–Crippen LogP) is 8.85. The van der Waals surface area contributed by atoms with E-state index in [1.807, 2.05) is 69.3 Å². The Bertz CT molecular complexity index is 2120. The molecule has 2 atom stereocenters. The molecule has 2 saturated heterocycles. The molecule has 0 bridgehead atoms. The van der Waals surface area contributed by atoms with Crippen LogP contribution in [-0.4, -0.2) is 60.6 Å². The SMILES string of the molecule is CC(C)(C)OC(=O)N1CCC[C@H]1c1ncc(-c2cc3c(cc2F)Cc2cc(-c4ncc([C@@H]5CCCN5C(=O)OCc5ccccc5)[nH]4)ccc2O3)[nH]1. The number of aromatic amines is 2. The maximum absolute atomic E-state index is 15.7. The standard InChI is InChI=1S/C40H41FN6O5/c1-40(2,3)52-39(49)47-16-8-12-33(47)37-43-21-30(44-37)28-20-35-27(19-29(28)41)18-26-17-25(13-14-34(26)51-35)36-42-22-31(45-36)32-11-7-15-46(32)38(48)50-23-24-9-5-4-6-10-24/h4-6,9-10,13-14,17,19-22,32-33H,7-8,11-12,15-16,18,23H2,1-3H3,(H,42,45)(H,43,44)/t32-,33-/m0/s1. The summed E-state index contributed by atoms with van der Waals surface area (Å²) in [5, 5.41) is 0. The summed E-state index contributed by atoms with van der Waals surface area (Å²) in [6.45, 7) is 6.94. The molecule has 3 aromatic carbocycles. The molecule has 8 rings (SSSR count). The van der Waals surface area contributed by atoms with Crippen LogP contribution in [0, 0.1) is 5.82 Å². The average Bonchev–Trinajstić information content (AvgIpc) is 3.95. The van der Waals surface area contributed by atoms with Crippen LogP contribution in [0.15, 0.2) is 73.1 Å². The quantitative estimate of drug-likeness (QED) is 0.177. The van der Waals surface area contributed by atoms with Crippen molar-refractivity contribution in [1.82, 2.24) is 29.7 Å². The number of nitrogens with zero attached hydrogens (tertiary/aromatic N) is 4. The van der Waals surface area contributed by atoms with Gasteiger partial charge in [-0.05, 0) is 82.3 Å². The highest BCUT2D eigenvalue weighted by Crippen LogP contribution is 2.42. The summed E-state index contributed by atoms with van der Waals surface area (Å²) in [5.74, 6) is 2.14. The van der Waals surface area contributed by atoms with Gasteiger partial charge in [0.05, 0.1) is 35.9 Å². The van der Waals surface area contributed by atoms with E-state index in [4.69, 9.17) is 14.2 Å². The van der Waals surface area contributed by atoms with Crippen molar-refractivity contribution in [2.75, 3.05) is 13.1 Å². The molecule has 3 aliphatic rings. The van der Waals surface area contributed by atoms with E-state index in [1.54, 1.807) is 28.3 Å². The number of ether oxygens (including phenoxy) is 3. The third-order valence-electron chi connectivity index (χ3n) is 9.81. The van der Waals surface area contributed by atoms with Crippen LogP contribution in [-0.2, 0) is 22.5 Å². The van der Waals surface area contributed by atoms with Crippen LogP contribution in [0.2, 0.25) is 0 Å². The van der Waals surface area contributed by atoms with Crippen LogP contribution in [0.1, 0.15) is 86.7 Å². The second-order valence-corrected chi connectivity index (χ2v) is 14.6. The van der Waals surface area contributed by atoms with Gasteiger partial charge in [0, 0.05) is 41.8 Å². The van der Waals surface area contributed by atoms with E-state index >= 15 is 4.39 Å². The van der Waals surface area contributed by atoms with Crippen LogP contribution in [0.5, 0.6) is 11.5 Å². The lowest BCUT2D eigenvalue weighted by atomic mass is 9.96. The highest BCUT2D eigenvalue weighted by Gasteiger charge is 2.36. The molecule has 0 saturated carbocycles. The van der Waals surface area contributed by atoms with Crippen molar-refractivity contribution >= 4 is 12.2 Å². The lowest BCUT2D eigenvalue weighted by molar-refractivity contribution is 0.0218. The first-order chi connectivity index (χ1) is 25.1. The van der Waals surface area contributed by atoms with E-state index in [0.717, 1.165) is 53.6 Å². The van der Waals surface area contributed by atoms with E-state index in [0.29, 0.717) is 53.9 Å². The van der Waals surface area contributed by atoms with E-state index in [-0.39, 0.29) is 30.9 Å². The first kappa shape index (κ1) is 33.5. The monoisotopic (exact) mass is 704 g/mol. The van der Waals surface area contributed by atoms with Gasteiger partial charge in [-0.2, -0.15) is 0 Å². The molecule has 268 valence electrons. The van der Waals surface area contributed by atoms with E-state index in [9.17, 15) is 9.59 Å². The molecule has 0 radical (unpaired) electrons. The zero-order chi connectivity index (χ0) is 36.0. The minimum atomic E-state index is -0.605. The molecule has 0 aliphatic carbocycles. The Morgan fingerprint density at radius 3 is 2.42 bits per heavy atom. The fourth-order valence-electron chi connectivity index (χ4n) is 7.32. The summed E-state index contributed by atoms with van der Waals surface area (Å²) >= 11 is 0. The van der Waals surface area contributed by atoms with Crippen molar-refractivity contribution in [3.05, 3.63) is 107 Å². The van der Waals surface area contributed by atoms with Gasteiger partial charge in [-0.1, -0.05) is 30.3 Å². The summed E-state index contributed by atoms with van der Waals surface area (Å²) < 4.78 is 33.2. The molecule has 5 heterocycles. The third-order valence-corrected chi connectivity index (χ3v) is 9.81. The Hall–Kier alpha value is -5.65. The zero-order valence-corrected chi connectivity index (χ0v) is 29.4. The molecule has 2 aromatic heterocycles. The minimum Gasteiger partial charge on any atom is -0.457 e. The second kappa shape index (κ2) is 13.5. The maximum atomic E-state index is 15.7. The number of H-pyrrole nitrogens is 2. The zero-order valence-electron chi connectivity index (χ0n) is 29.4. The summed E-state index contributed by atoms with van der Waals surface area (Å²) in [5.41, 5.74) is 4.54. The molecule has 5 aromatic rings. The average molecular weight is 705 g/mol. The molecule has 2 amide bonds. The Morgan fingerprint density at radius 1 is 0.885 bits per heavy atom. The largest absolute Gasteiger partial charge is 0.457 e. The van der Waals surface area contributed by atoms with Crippen LogP contribution in [0.4, 0.5) is 14.0 Å². The van der Waals surface area contributed by atoms with Gasteiger partial charge in [-0.25, -0.2) is 23.9 Å². The molecule has 2 fully saturated rings. The summed E-state index contributed by atoms with van der Waals surface area (Å²) in [7, 11) is 0. The van der Waals surface area contributed by atoms with Gasteiger partial charge in [0.1, 0.15) is 41.2 Å². The first-order valence-electron chi connectivity index (χ1n) is 17.8. The van der Waals surface area contributed by atoms with Crippen LogP contribution in [0.25, 0.3) is 22.6 Å². The molecule has 0 spiro atoms. The normalized spacial score (nSPS) is 18.2. The second-order valence-electron chi connectivity index (χ2n) is 14.6. The number of carbonyl (C=O) groups is 2. The maximum Gasteiger partial charge on any atom is 0.410 e. The number of fused-ring (bicyclic) bond motifs is 2. The summed E-state index contributed by atoms with van der Waals surface area (Å²) in [4.78, 5) is 45.2. The lowest BCUT2D eigenvalue weighted by Crippen LogP contribution is -2.36. The highest BCUT2D eigenvalue weighted by atomic mass is 19.1. The van der Waals surface area contributed by atoms with E-state index in [1.165, 1.54) is 6.07 Å². The van der Waals surface area contributed by atoms with Crippen molar-refractivity contribution < 1.29 is 28.2 Å². The number of nitrogens with one attached hydrogen (secondary N) is 2. The number of halogens is 1. The van der Waals surface area contributed by atoms with Crippen molar-refractivity contribution in [2.24, 2.45) is 0 Å². The fourth-order valence-corrected chi connectivity index (χ4v) is 7.32. The Morgan fingerprint density at radius 2 is 1.63 bits per heavy atom. The Labute approximate surface area is 301 Å². The minimum absolute atomic E-state index is 0.150. The topological polar surface area (TPSA) is 126 Å². The van der Waals surface area contributed by atoms with Crippen LogP contribution >= 0.6 is 0 Å². The number of imidazole rings is 2. The van der Waals surface area contributed by atoms with Crippen molar-refractivity contribution in [1.29, 1.82) is 0 Å². The molecular formula is C40H41FN6O5. The van der Waals surface area contributed by atoms with Gasteiger partial charge < -0.3 is 24.2 Å². The Balaban J connectivity index is 0.956. The summed E-state index contributed by atoms with van der Waals surface area (Å²) in [6.07, 6.45) is 6.41.